The van der Waals surface area contributed by atoms with Crippen molar-refractivity contribution in [3.05, 3.63) is 66.4 Å². The first-order valence-electron chi connectivity index (χ1n) is 15.1. The summed E-state index contributed by atoms with van der Waals surface area (Å²) in [7, 11) is 0. The van der Waals surface area contributed by atoms with Gasteiger partial charge < -0.3 is 19.4 Å². The molecule has 218 valence electrons. The second-order valence-corrected chi connectivity index (χ2v) is 11.4. The number of carbonyl (C=O) groups excluding carboxylic acids is 1. The SMILES string of the molecule is C=CC(=O)N1CCN(c2nc(OC[C@@H]3CCCN3CC)nc3c2CCN(c2cccc4ccccc24)C3)CC1CC#N. The summed E-state index contributed by atoms with van der Waals surface area (Å²) in [5.74, 6) is 0.742. The van der Waals surface area contributed by atoms with Gasteiger partial charge in [-0.15, -0.1) is 0 Å². The summed E-state index contributed by atoms with van der Waals surface area (Å²) in [5.41, 5.74) is 3.32. The van der Waals surface area contributed by atoms with E-state index in [1.54, 1.807) is 4.90 Å². The molecule has 0 aliphatic carbocycles. The van der Waals surface area contributed by atoms with Crippen molar-refractivity contribution < 1.29 is 9.53 Å². The Hall–Kier alpha value is -4.16. The topological polar surface area (TPSA) is 88.8 Å². The summed E-state index contributed by atoms with van der Waals surface area (Å²) in [6.07, 6.45) is 4.70. The standard InChI is InChI=1S/C33H39N7O2/c1-3-31(41)40-20-19-39(21-25(40)14-16-34)32-28-15-18-38(30-13-7-10-24-9-5-6-12-27(24)30)22-29(28)35-33(36-32)42-23-26-11-8-17-37(26)4-2/h3,5-7,9-10,12-13,25-26H,1,4,8,11,14-15,17-23H2,2H3/t25?,26-/m0/s1. The Bertz CT molecular complexity index is 1500. The molecule has 2 saturated heterocycles. The number of benzene rings is 2. The molecule has 3 aliphatic heterocycles. The van der Waals surface area contributed by atoms with Crippen molar-refractivity contribution in [2.75, 3.05) is 55.7 Å². The van der Waals surface area contributed by atoms with Crippen LogP contribution in [0.15, 0.2) is 55.1 Å². The predicted octanol–water partition coefficient (Wildman–Crippen LogP) is 4.17. The Morgan fingerprint density at radius 2 is 1.95 bits per heavy atom. The van der Waals surface area contributed by atoms with E-state index in [-0.39, 0.29) is 18.4 Å². The predicted molar refractivity (Wildman–Crippen MR) is 165 cm³/mol. The third kappa shape index (κ3) is 5.51. The summed E-state index contributed by atoms with van der Waals surface area (Å²) in [5, 5.41) is 12.0. The zero-order chi connectivity index (χ0) is 29.1. The van der Waals surface area contributed by atoms with Gasteiger partial charge in [0.2, 0.25) is 5.91 Å². The highest BCUT2D eigenvalue weighted by atomic mass is 16.5. The lowest BCUT2D eigenvalue weighted by atomic mass is 10.0. The zero-order valence-corrected chi connectivity index (χ0v) is 24.4. The van der Waals surface area contributed by atoms with E-state index in [2.05, 4.69) is 76.7 Å². The quantitative estimate of drug-likeness (QED) is 0.376. The molecule has 0 bridgehead atoms. The number of aromatic nitrogens is 2. The molecule has 1 amide bonds. The van der Waals surface area contributed by atoms with Crippen molar-refractivity contribution in [3.8, 4) is 12.1 Å². The summed E-state index contributed by atoms with van der Waals surface area (Å²) >= 11 is 0. The van der Waals surface area contributed by atoms with Gasteiger partial charge in [-0.05, 0) is 49.9 Å². The molecule has 1 aromatic heterocycles. The van der Waals surface area contributed by atoms with Gasteiger partial charge in [-0.2, -0.15) is 15.2 Å². The number of hydrogen-bond donors (Lipinski definition) is 0. The molecule has 42 heavy (non-hydrogen) atoms. The van der Waals surface area contributed by atoms with Gasteiger partial charge in [-0.25, -0.2) is 0 Å². The maximum atomic E-state index is 12.5. The number of hydrogen-bond acceptors (Lipinski definition) is 8. The largest absolute Gasteiger partial charge is 0.462 e. The second kappa shape index (κ2) is 12.4. The fourth-order valence-electron chi connectivity index (χ4n) is 6.81. The van der Waals surface area contributed by atoms with Crippen LogP contribution in [-0.4, -0.2) is 83.6 Å². The van der Waals surface area contributed by atoms with Crippen LogP contribution < -0.4 is 14.5 Å². The molecule has 0 N–H and O–H groups in total. The number of anilines is 2. The number of likely N-dealkylation sites (tertiary alicyclic amines) is 1. The molecule has 0 saturated carbocycles. The summed E-state index contributed by atoms with van der Waals surface area (Å²) in [6, 6.07) is 17.8. The smallest absolute Gasteiger partial charge is 0.318 e. The van der Waals surface area contributed by atoms with Gasteiger partial charge in [-0.3, -0.25) is 9.69 Å². The lowest BCUT2D eigenvalue weighted by molar-refractivity contribution is -0.128. The minimum Gasteiger partial charge on any atom is -0.462 e. The number of carbonyl (C=O) groups is 1. The van der Waals surface area contributed by atoms with Crippen molar-refractivity contribution in [1.29, 1.82) is 5.26 Å². The van der Waals surface area contributed by atoms with Crippen LogP contribution >= 0.6 is 0 Å². The summed E-state index contributed by atoms with van der Waals surface area (Å²) in [4.78, 5) is 31.4. The van der Waals surface area contributed by atoms with E-state index in [9.17, 15) is 10.1 Å². The van der Waals surface area contributed by atoms with Crippen LogP contribution in [0.3, 0.4) is 0 Å². The maximum absolute atomic E-state index is 12.5. The van der Waals surface area contributed by atoms with Gasteiger partial charge in [-0.1, -0.05) is 49.9 Å². The number of piperazine rings is 1. The summed E-state index contributed by atoms with van der Waals surface area (Å²) < 4.78 is 6.34. The van der Waals surface area contributed by atoms with E-state index in [1.165, 1.54) is 29.0 Å². The van der Waals surface area contributed by atoms with E-state index in [4.69, 9.17) is 14.7 Å². The summed E-state index contributed by atoms with van der Waals surface area (Å²) in [6.45, 7) is 11.7. The number of amides is 1. The van der Waals surface area contributed by atoms with Crippen molar-refractivity contribution in [1.82, 2.24) is 19.8 Å². The van der Waals surface area contributed by atoms with Crippen LogP contribution in [0.5, 0.6) is 6.01 Å². The van der Waals surface area contributed by atoms with Gasteiger partial charge in [0, 0.05) is 48.9 Å². The molecular weight excluding hydrogens is 526 g/mol. The molecule has 0 spiro atoms. The zero-order valence-electron chi connectivity index (χ0n) is 24.4. The average Bonchev–Trinajstić information content (AvgIpc) is 3.50. The molecule has 6 rings (SSSR count). The lowest BCUT2D eigenvalue weighted by Gasteiger charge is -2.42. The molecule has 0 radical (unpaired) electrons. The number of ether oxygens (including phenoxy) is 1. The van der Waals surface area contributed by atoms with Crippen LogP contribution in [0.2, 0.25) is 0 Å². The minimum atomic E-state index is -0.225. The number of likely N-dealkylation sites (N-methyl/N-ethyl adjacent to an activating group) is 1. The van der Waals surface area contributed by atoms with Crippen molar-refractivity contribution in [2.45, 2.75) is 51.2 Å². The highest BCUT2D eigenvalue weighted by Crippen LogP contribution is 2.35. The van der Waals surface area contributed by atoms with Crippen LogP contribution in [0.4, 0.5) is 11.5 Å². The monoisotopic (exact) mass is 565 g/mol. The van der Waals surface area contributed by atoms with E-state index < -0.39 is 0 Å². The number of fused-ring (bicyclic) bond motifs is 2. The normalized spacial score (nSPS) is 20.8. The molecule has 9 heteroatoms. The van der Waals surface area contributed by atoms with Gasteiger partial charge in [0.05, 0.1) is 30.8 Å². The third-order valence-electron chi connectivity index (χ3n) is 9.01. The van der Waals surface area contributed by atoms with Crippen LogP contribution in [0.1, 0.15) is 37.4 Å². The Labute approximate surface area is 248 Å². The first-order valence-corrected chi connectivity index (χ1v) is 15.1. The van der Waals surface area contributed by atoms with Gasteiger partial charge in [0.25, 0.3) is 0 Å². The third-order valence-corrected chi connectivity index (χ3v) is 9.01. The van der Waals surface area contributed by atoms with Crippen molar-refractivity contribution in [3.63, 3.8) is 0 Å². The van der Waals surface area contributed by atoms with Gasteiger partial charge >= 0.3 is 6.01 Å². The lowest BCUT2D eigenvalue weighted by Crippen LogP contribution is -2.55. The van der Waals surface area contributed by atoms with Crippen LogP contribution in [0, 0.1) is 11.3 Å². The Morgan fingerprint density at radius 3 is 2.79 bits per heavy atom. The second-order valence-electron chi connectivity index (χ2n) is 11.4. The number of rotatable bonds is 8. The van der Waals surface area contributed by atoms with Gasteiger partial charge in [0.15, 0.2) is 0 Å². The van der Waals surface area contributed by atoms with Crippen molar-refractivity contribution in [2.24, 2.45) is 0 Å². The highest BCUT2D eigenvalue weighted by Gasteiger charge is 2.33. The first kappa shape index (κ1) is 28.0. The molecule has 1 unspecified atom stereocenters. The van der Waals surface area contributed by atoms with Crippen LogP contribution in [0.25, 0.3) is 10.8 Å². The molecule has 2 fully saturated rings. The van der Waals surface area contributed by atoms with Crippen LogP contribution in [-0.2, 0) is 17.8 Å². The fraction of sp³-hybridized carbons (Fsp3) is 0.455. The molecule has 3 aliphatic rings. The Kier molecular flexibility index (Phi) is 8.24. The van der Waals surface area contributed by atoms with Gasteiger partial charge in [0.1, 0.15) is 12.4 Å². The number of nitriles is 1. The highest BCUT2D eigenvalue weighted by molar-refractivity contribution is 5.94. The average molecular weight is 566 g/mol. The molecule has 2 atom stereocenters. The Balaban J connectivity index is 1.32. The maximum Gasteiger partial charge on any atom is 0.318 e. The molecule has 4 heterocycles. The van der Waals surface area contributed by atoms with E-state index in [0.29, 0.717) is 44.8 Å². The molecule has 3 aromatic rings. The van der Waals surface area contributed by atoms with E-state index >= 15 is 0 Å². The molecule has 2 aromatic carbocycles. The fourth-order valence-corrected chi connectivity index (χ4v) is 6.81. The van der Waals surface area contributed by atoms with E-state index in [1.807, 2.05) is 0 Å². The molecule has 9 nitrogen and oxygen atoms in total. The molecular formula is C33H39N7O2. The Morgan fingerprint density at radius 1 is 1.10 bits per heavy atom. The minimum absolute atomic E-state index is 0.133. The van der Waals surface area contributed by atoms with E-state index in [0.717, 1.165) is 49.6 Å². The first-order chi connectivity index (χ1) is 20.6. The van der Waals surface area contributed by atoms with Crippen molar-refractivity contribution >= 4 is 28.2 Å². The number of nitrogens with zero attached hydrogens (tertiary/aromatic N) is 7.